The molecule has 1 aliphatic rings. The van der Waals surface area contributed by atoms with Gasteiger partial charge in [0.05, 0.1) is 0 Å². The highest BCUT2D eigenvalue weighted by Crippen LogP contribution is 2.31. The van der Waals surface area contributed by atoms with E-state index in [9.17, 15) is 0 Å². The molecule has 0 aliphatic heterocycles. The van der Waals surface area contributed by atoms with E-state index in [1.807, 2.05) is 0 Å². The van der Waals surface area contributed by atoms with Crippen molar-refractivity contribution in [2.45, 2.75) is 53.5 Å². The second-order valence-corrected chi connectivity index (χ2v) is 6.41. The smallest absolute Gasteiger partial charge is 0.00476 e. The molecule has 1 aliphatic carbocycles. The summed E-state index contributed by atoms with van der Waals surface area (Å²) in [6.45, 7) is 16.3. The quantitative estimate of drug-likeness (QED) is 0.684. The van der Waals surface area contributed by atoms with Gasteiger partial charge in [-0.05, 0) is 44.6 Å². The topological polar surface area (TPSA) is 15.3 Å². The van der Waals surface area contributed by atoms with Crippen LogP contribution in [-0.4, -0.2) is 37.1 Å². The SMILES string of the molecule is CCNCC(C)(C)CN(CC1CC1)C(C)C. The molecule has 1 fully saturated rings. The monoisotopic (exact) mass is 226 g/mol. The van der Waals surface area contributed by atoms with Crippen LogP contribution in [0.3, 0.4) is 0 Å². The minimum absolute atomic E-state index is 0.384. The molecule has 16 heavy (non-hydrogen) atoms. The largest absolute Gasteiger partial charge is 0.316 e. The maximum atomic E-state index is 3.48. The summed E-state index contributed by atoms with van der Waals surface area (Å²) < 4.78 is 0. The third-order valence-corrected chi connectivity index (χ3v) is 3.40. The molecule has 0 saturated heterocycles. The Morgan fingerprint density at radius 2 is 1.94 bits per heavy atom. The second-order valence-electron chi connectivity index (χ2n) is 6.41. The van der Waals surface area contributed by atoms with Crippen molar-refractivity contribution in [1.29, 1.82) is 0 Å². The lowest BCUT2D eigenvalue weighted by atomic mass is 9.92. The third kappa shape index (κ3) is 5.31. The van der Waals surface area contributed by atoms with Gasteiger partial charge in [-0.1, -0.05) is 20.8 Å². The number of nitrogens with zero attached hydrogens (tertiary/aromatic N) is 1. The molecule has 0 heterocycles. The molecule has 1 saturated carbocycles. The molecule has 1 N–H and O–H groups in total. The second kappa shape index (κ2) is 6.02. The van der Waals surface area contributed by atoms with Crippen LogP contribution < -0.4 is 5.32 Å². The standard InChI is InChI=1S/C14H30N2/c1-6-15-10-14(4,5)11-16(12(2)3)9-13-7-8-13/h12-13,15H,6-11H2,1-5H3. The number of nitrogens with one attached hydrogen (secondary N) is 1. The van der Waals surface area contributed by atoms with E-state index in [0.29, 0.717) is 11.5 Å². The maximum Gasteiger partial charge on any atom is 0.00476 e. The molecular formula is C14H30N2. The van der Waals surface area contributed by atoms with Gasteiger partial charge in [0.1, 0.15) is 0 Å². The summed E-state index contributed by atoms with van der Waals surface area (Å²) >= 11 is 0. The molecule has 0 aromatic carbocycles. The number of rotatable bonds is 8. The fraction of sp³-hybridized carbons (Fsp3) is 1.00. The van der Waals surface area contributed by atoms with Gasteiger partial charge in [-0.25, -0.2) is 0 Å². The van der Waals surface area contributed by atoms with E-state index in [1.165, 1.54) is 25.9 Å². The third-order valence-electron chi connectivity index (χ3n) is 3.40. The highest BCUT2D eigenvalue weighted by Gasteiger charge is 2.29. The van der Waals surface area contributed by atoms with E-state index in [2.05, 4.69) is 44.8 Å². The van der Waals surface area contributed by atoms with E-state index in [1.54, 1.807) is 0 Å². The Labute approximate surface area is 102 Å². The maximum absolute atomic E-state index is 3.48. The fourth-order valence-corrected chi connectivity index (χ4v) is 2.16. The average Bonchev–Trinajstić information content (AvgIpc) is 2.97. The van der Waals surface area contributed by atoms with Crippen molar-refractivity contribution in [3.63, 3.8) is 0 Å². The van der Waals surface area contributed by atoms with E-state index < -0.39 is 0 Å². The number of hydrogen-bond acceptors (Lipinski definition) is 2. The van der Waals surface area contributed by atoms with Gasteiger partial charge < -0.3 is 10.2 Å². The summed E-state index contributed by atoms with van der Waals surface area (Å²) in [5, 5.41) is 3.48. The van der Waals surface area contributed by atoms with E-state index >= 15 is 0 Å². The summed E-state index contributed by atoms with van der Waals surface area (Å²) in [5.41, 5.74) is 0.384. The lowest BCUT2D eigenvalue weighted by Crippen LogP contribution is -2.44. The Balaban J connectivity index is 2.38. The van der Waals surface area contributed by atoms with Gasteiger partial charge in [0.2, 0.25) is 0 Å². The average molecular weight is 226 g/mol. The van der Waals surface area contributed by atoms with Crippen LogP contribution in [0.5, 0.6) is 0 Å². The first-order chi connectivity index (χ1) is 7.44. The van der Waals surface area contributed by atoms with Crippen molar-refractivity contribution in [3.8, 4) is 0 Å². The lowest BCUT2D eigenvalue weighted by Gasteiger charge is -2.35. The van der Waals surface area contributed by atoms with Gasteiger partial charge >= 0.3 is 0 Å². The Hall–Kier alpha value is -0.0800. The van der Waals surface area contributed by atoms with Crippen molar-refractivity contribution >= 4 is 0 Å². The molecule has 0 atom stereocenters. The van der Waals surface area contributed by atoms with Crippen molar-refractivity contribution < 1.29 is 0 Å². The predicted octanol–water partition coefficient (Wildman–Crippen LogP) is 2.74. The van der Waals surface area contributed by atoms with Gasteiger partial charge in [0.15, 0.2) is 0 Å². The van der Waals surface area contributed by atoms with Gasteiger partial charge in [0, 0.05) is 25.7 Å². The van der Waals surface area contributed by atoms with Crippen LogP contribution >= 0.6 is 0 Å². The Kier molecular flexibility index (Phi) is 5.26. The van der Waals surface area contributed by atoms with Crippen LogP contribution in [-0.2, 0) is 0 Å². The van der Waals surface area contributed by atoms with E-state index in [4.69, 9.17) is 0 Å². The first-order valence-corrected chi connectivity index (χ1v) is 6.89. The zero-order valence-electron chi connectivity index (χ0n) is 11.8. The lowest BCUT2D eigenvalue weighted by molar-refractivity contribution is 0.137. The molecule has 96 valence electrons. The molecule has 0 radical (unpaired) electrons. The molecule has 0 amide bonds. The fourth-order valence-electron chi connectivity index (χ4n) is 2.16. The first-order valence-electron chi connectivity index (χ1n) is 6.89. The molecule has 0 spiro atoms. The Morgan fingerprint density at radius 3 is 2.38 bits per heavy atom. The number of hydrogen-bond donors (Lipinski definition) is 1. The van der Waals surface area contributed by atoms with Crippen LogP contribution in [0.2, 0.25) is 0 Å². The Morgan fingerprint density at radius 1 is 1.31 bits per heavy atom. The zero-order valence-corrected chi connectivity index (χ0v) is 11.8. The highest BCUT2D eigenvalue weighted by atomic mass is 15.2. The summed E-state index contributed by atoms with van der Waals surface area (Å²) in [6, 6.07) is 0.682. The van der Waals surface area contributed by atoms with Crippen molar-refractivity contribution in [3.05, 3.63) is 0 Å². The minimum Gasteiger partial charge on any atom is -0.316 e. The normalized spacial score (nSPS) is 17.4. The zero-order chi connectivity index (χ0) is 12.2. The molecule has 2 nitrogen and oxygen atoms in total. The van der Waals surface area contributed by atoms with Crippen LogP contribution in [0.1, 0.15) is 47.5 Å². The Bertz CT molecular complexity index is 195. The molecule has 1 rings (SSSR count). The summed E-state index contributed by atoms with van der Waals surface area (Å²) in [7, 11) is 0. The van der Waals surface area contributed by atoms with Gasteiger partial charge in [0.25, 0.3) is 0 Å². The summed E-state index contributed by atoms with van der Waals surface area (Å²) in [6.07, 6.45) is 2.91. The highest BCUT2D eigenvalue weighted by molar-refractivity contribution is 4.83. The van der Waals surface area contributed by atoms with Crippen molar-refractivity contribution in [1.82, 2.24) is 10.2 Å². The molecule has 0 aromatic heterocycles. The van der Waals surface area contributed by atoms with Crippen LogP contribution in [0.4, 0.5) is 0 Å². The molecular weight excluding hydrogens is 196 g/mol. The van der Waals surface area contributed by atoms with Crippen LogP contribution in [0, 0.1) is 11.3 Å². The van der Waals surface area contributed by atoms with Crippen LogP contribution in [0.15, 0.2) is 0 Å². The predicted molar refractivity (Wildman–Crippen MR) is 71.8 cm³/mol. The molecule has 2 heteroatoms. The van der Waals surface area contributed by atoms with Gasteiger partial charge in [-0.2, -0.15) is 0 Å². The van der Waals surface area contributed by atoms with Gasteiger partial charge in [-0.15, -0.1) is 0 Å². The molecule has 0 bridgehead atoms. The summed E-state index contributed by atoms with van der Waals surface area (Å²) in [5.74, 6) is 0.998. The first kappa shape index (κ1) is 14.0. The van der Waals surface area contributed by atoms with Crippen molar-refractivity contribution in [2.24, 2.45) is 11.3 Å². The van der Waals surface area contributed by atoms with Gasteiger partial charge in [-0.3, -0.25) is 0 Å². The molecule has 0 aromatic rings. The van der Waals surface area contributed by atoms with E-state index in [0.717, 1.165) is 19.0 Å². The minimum atomic E-state index is 0.384. The molecule has 0 unspecified atom stereocenters. The summed E-state index contributed by atoms with van der Waals surface area (Å²) in [4.78, 5) is 2.66. The van der Waals surface area contributed by atoms with Crippen LogP contribution in [0.25, 0.3) is 0 Å². The van der Waals surface area contributed by atoms with Crippen molar-refractivity contribution in [2.75, 3.05) is 26.2 Å². The van der Waals surface area contributed by atoms with E-state index in [-0.39, 0.29) is 0 Å².